The van der Waals surface area contributed by atoms with E-state index in [9.17, 15) is 10.2 Å². The fraction of sp³-hybridized carbons (Fsp3) is 0.571. The molecule has 2 N–H and O–H groups in total. The maximum Gasteiger partial charge on any atom is 0.186 e. The molecule has 6 atom stereocenters. The molecule has 0 aromatic heterocycles. The Morgan fingerprint density at radius 1 is 1.10 bits per heavy atom. The zero-order valence-electron chi connectivity index (χ0n) is 11.1. The van der Waals surface area contributed by atoms with Gasteiger partial charge < -0.3 is 29.2 Å². The van der Waals surface area contributed by atoms with E-state index in [1.54, 1.807) is 0 Å². The summed E-state index contributed by atoms with van der Waals surface area (Å²) >= 11 is 0. The topological polar surface area (TPSA) is 77.4 Å². The van der Waals surface area contributed by atoms with E-state index in [-0.39, 0.29) is 6.61 Å². The lowest BCUT2D eigenvalue weighted by Crippen LogP contribution is -2.62. The minimum atomic E-state index is -1.14. The van der Waals surface area contributed by atoms with E-state index in [0.717, 1.165) is 5.56 Å². The summed E-state index contributed by atoms with van der Waals surface area (Å²) in [5, 5.41) is 20.1. The molecular weight excluding hydrogens is 264 g/mol. The molecule has 1 aromatic carbocycles. The minimum absolute atomic E-state index is 0.272. The Hall–Kier alpha value is -1.02. The average molecular weight is 282 g/mol. The first-order chi connectivity index (χ1) is 9.70. The highest BCUT2D eigenvalue weighted by Crippen LogP contribution is 2.33. The Labute approximate surface area is 116 Å². The van der Waals surface area contributed by atoms with E-state index < -0.39 is 37.0 Å². The van der Waals surface area contributed by atoms with Gasteiger partial charge in [-0.2, -0.15) is 0 Å². The maximum absolute atomic E-state index is 10.1. The third-order valence-corrected chi connectivity index (χ3v) is 3.64. The van der Waals surface area contributed by atoms with Crippen LogP contribution in [-0.4, -0.2) is 54.6 Å². The first kappa shape index (κ1) is 13.9. The molecule has 0 saturated carbocycles. The van der Waals surface area contributed by atoms with Gasteiger partial charge in [-0.1, -0.05) is 30.3 Å². The zero-order valence-corrected chi connectivity index (χ0v) is 11.1. The lowest BCUT2D eigenvalue weighted by atomic mass is 9.98. The fourth-order valence-electron chi connectivity index (χ4n) is 2.55. The van der Waals surface area contributed by atoms with Crippen LogP contribution in [0.4, 0.5) is 0 Å². The van der Waals surface area contributed by atoms with Gasteiger partial charge in [0.1, 0.15) is 24.4 Å². The van der Waals surface area contributed by atoms with Crippen molar-refractivity contribution in [2.45, 2.75) is 37.0 Å². The smallest absolute Gasteiger partial charge is 0.186 e. The van der Waals surface area contributed by atoms with Gasteiger partial charge in [-0.05, 0) is 0 Å². The number of aliphatic hydroxyl groups is 2. The summed E-state index contributed by atoms with van der Waals surface area (Å²) < 4.78 is 21.9. The summed E-state index contributed by atoms with van der Waals surface area (Å²) in [6, 6.07) is 9.45. The van der Waals surface area contributed by atoms with Crippen molar-refractivity contribution in [3.63, 3.8) is 0 Å². The lowest BCUT2D eigenvalue weighted by molar-refractivity contribution is -0.358. The van der Waals surface area contributed by atoms with E-state index in [2.05, 4.69) is 0 Å². The van der Waals surface area contributed by atoms with Crippen LogP contribution in [0.1, 0.15) is 11.9 Å². The molecule has 0 spiro atoms. The van der Waals surface area contributed by atoms with Gasteiger partial charge in [-0.15, -0.1) is 0 Å². The second-order valence-corrected chi connectivity index (χ2v) is 4.94. The quantitative estimate of drug-likeness (QED) is 0.806. The number of ether oxygens (including phenoxy) is 4. The van der Waals surface area contributed by atoms with Crippen LogP contribution < -0.4 is 0 Å². The van der Waals surface area contributed by atoms with Crippen LogP contribution in [0, 0.1) is 0 Å². The number of hydrogen-bond acceptors (Lipinski definition) is 6. The van der Waals surface area contributed by atoms with Crippen LogP contribution in [0.15, 0.2) is 30.3 Å². The summed E-state index contributed by atoms with van der Waals surface area (Å²) in [5.74, 6) is 0. The zero-order chi connectivity index (χ0) is 14.1. The van der Waals surface area contributed by atoms with Crippen LogP contribution >= 0.6 is 0 Å². The van der Waals surface area contributed by atoms with Crippen molar-refractivity contribution in [2.24, 2.45) is 0 Å². The minimum Gasteiger partial charge on any atom is -0.387 e. The standard InChI is InChI=1S/C14H18O6/c1-17-14-11(16)10(15)12-9(19-14)7-18-13(20-12)8-5-3-2-4-6-8/h2-6,9-16H,7H2,1H3/t9-,10-,11-,12-,13-,14-/m1/s1. The predicted octanol–water partition coefficient (Wildman–Crippen LogP) is 0.194. The molecule has 20 heavy (non-hydrogen) atoms. The molecule has 2 aliphatic rings. The number of rotatable bonds is 2. The van der Waals surface area contributed by atoms with Gasteiger partial charge in [-0.3, -0.25) is 0 Å². The first-order valence-corrected chi connectivity index (χ1v) is 6.57. The average Bonchev–Trinajstić information content (AvgIpc) is 2.51. The number of aliphatic hydroxyl groups excluding tert-OH is 2. The molecule has 3 rings (SSSR count). The van der Waals surface area contributed by atoms with Crippen LogP contribution in [0.3, 0.4) is 0 Å². The molecule has 1 aromatic rings. The normalized spacial score (nSPS) is 41.1. The van der Waals surface area contributed by atoms with Crippen LogP contribution in [0.25, 0.3) is 0 Å². The highest BCUT2D eigenvalue weighted by Gasteiger charge is 2.48. The Bertz CT molecular complexity index is 437. The molecule has 0 unspecified atom stereocenters. The Morgan fingerprint density at radius 2 is 1.85 bits per heavy atom. The second kappa shape index (κ2) is 5.77. The highest BCUT2D eigenvalue weighted by molar-refractivity contribution is 5.16. The SMILES string of the molecule is CO[C@@H]1O[C@@H]2CO[C@@H](c3ccccc3)O[C@H]2[C@H](O)[C@H]1O. The van der Waals surface area contributed by atoms with Gasteiger partial charge >= 0.3 is 0 Å². The molecule has 0 bridgehead atoms. The molecule has 0 aliphatic carbocycles. The third kappa shape index (κ3) is 2.46. The molecule has 2 heterocycles. The van der Waals surface area contributed by atoms with Crippen LogP contribution in [-0.2, 0) is 18.9 Å². The summed E-state index contributed by atoms with van der Waals surface area (Å²) in [6.07, 6.45) is -4.76. The van der Waals surface area contributed by atoms with E-state index in [1.165, 1.54) is 7.11 Å². The molecule has 2 aliphatic heterocycles. The summed E-state index contributed by atoms with van der Waals surface area (Å²) in [4.78, 5) is 0. The van der Waals surface area contributed by atoms with E-state index in [1.807, 2.05) is 30.3 Å². The summed E-state index contributed by atoms with van der Waals surface area (Å²) in [6.45, 7) is 0.272. The van der Waals surface area contributed by atoms with Gasteiger partial charge in [0, 0.05) is 12.7 Å². The van der Waals surface area contributed by atoms with Crippen LogP contribution in [0.5, 0.6) is 0 Å². The van der Waals surface area contributed by atoms with Gasteiger partial charge in [0.25, 0.3) is 0 Å². The van der Waals surface area contributed by atoms with Gasteiger partial charge in [-0.25, -0.2) is 0 Å². The van der Waals surface area contributed by atoms with E-state index in [4.69, 9.17) is 18.9 Å². The first-order valence-electron chi connectivity index (χ1n) is 6.57. The monoisotopic (exact) mass is 282 g/mol. The molecule has 0 amide bonds. The summed E-state index contributed by atoms with van der Waals surface area (Å²) in [7, 11) is 1.41. The number of benzene rings is 1. The number of fused-ring (bicyclic) bond motifs is 1. The largest absolute Gasteiger partial charge is 0.387 e. The van der Waals surface area contributed by atoms with Gasteiger partial charge in [0.15, 0.2) is 12.6 Å². The van der Waals surface area contributed by atoms with Crippen molar-refractivity contribution < 1.29 is 29.2 Å². The third-order valence-electron chi connectivity index (χ3n) is 3.64. The van der Waals surface area contributed by atoms with Crippen molar-refractivity contribution in [1.82, 2.24) is 0 Å². The summed E-state index contributed by atoms with van der Waals surface area (Å²) in [5.41, 5.74) is 0.863. The van der Waals surface area contributed by atoms with Crippen molar-refractivity contribution in [3.8, 4) is 0 Å². The molecule has 110 valence electrons. The van der Waals surface area contributed by atoms with Crippen molar-refractivity contribution >= 4 is 0 Å². The van der Waals surface area contributed by atoms with E-state index >= 15 is 0 Å². The molecule has 0 radical (unpaired) electrons. The fourth-order valence-corrected chi connectivity index (χ4v) is 2.55. The second-order valence-electron chi connectivity index (χ2n) is 4.94. The molecule has 6 heteroatoms. The van der Waals surface area contributed by atoms with Crippen LogP contribution in [0.2, 0.25) is 0 Å². The molecule has 2 fully saturated rings. The van der Waals surface area contributed by atoms with Gasteiger partial charge in [0.2, 0.25) is 0 Å². The number of methoxy groups -OCH3 is 1. The number of hydrogen-bond donors (Lipinski definition) is 2. The molecular formula is C14H18O6. The Balaban J connectivity index is 1.74. The van der Waals surface area contributed by atoms with Crippen molar-refractivity contribution in [3.05, 3.63) is 35.9 Å². The van der Waals surface area contributed by atoms with Gasteiger partial charge in [0.05, 0.1) is 6.61 Å². The van der Waals surface area contributed by atoms with Crippen molar-refractivity contribution in [1.29, 1.82) is 0 Å². The maximum atomic E-state index is 10.1. The van der Waals surface area contributed by atoms with Crippen molar-refractivity contribution in [2.75, 3.05) is 13.7 Å². The Morgan fingerprint density at radius 3 is 2.55 bits per heavy atom. The molecule has 6 nitrogen and oxygen atoms in total. The van der Waals surface area contributed by atoms with E-state index in [0.29, 0.717) is 0 Å². The highest BCUT2D eigenvalue weighted by atomic mass is 16.7. The molecule has 2 saturated heterocycles. The Kier molecular flexibility index (Phi) is 4.02. The predicted molar refractivity (Wildman–Crippen MR) is 67.7 cm³/mol. The lowest BCUT2D eigenvalue weighted by Gasteiger charge is -2.45.